The number of nitrogens with zero attached hydrogens (tertiary/aromatic N) is 1. The van der Waals surface area contributed by atoms with Crippen molar-refractivity contribution >= 4 is 23.5 Å². The molecule has 0 radical (unpaired) electrons. The smallest absolute Gasteiger partial charge is 0.478 e. The average molecular weight is 217 g/mol. The molecule has 0 fully saturated rings. The van der Waals surface area contributed by atoms with Crippen LogP contribution in [0, 0.1) is 0 Å². The number of rotatable bonds is 3. The van der Waals surface area contributed by atoms with Crippen LogP contribution in [0.2, 0.25) is 0 Å². The summed E-state index contributed by atoms with van der Waals surface area (Å²) in [4.78, 5) is 4.28. The summed E-state index contributed by atoms with van der Waals surface area (Å²) in [7, 11) is -1.45. The maximum Gasteiger partial charge on any atom is 0.488 e. The molecule has 1 aromatic heterocycles. The van der Waals surface area contributed by atoms with Crippen LogP contribution < -0.4 is 10.2 Å². The van der Waals surface area contributed by atoms with Gasteiger partial charge in [-0.3, -0.25) is 0 Å². The fraction of sp³-hybridized carbons (Fsp3) is 0.182. The highest BCUT2D eigenvalue weighted by Gasteiger charge is 2.11. The summed E-state index contributed by atoms with van der Waals surface area (Å²) in [5.41, 5.74) is 1.23. The van der Waals surface area contributed by atoms with Crippen molar-refractivity contribution in [3.63, 3.8) is 0 Å². The lowest BCUT2D eigenvalue weighted by molar-refractivity contribution is 0.328. The van der Waals surface area contributed by atoms with Gasteiger partial charge in [0, 0.05) is 11.5 Å². The SMILES string of the molecule is CCOc1ccc2cc(B(O)O)ccc2n1. The van der Waals surface area contributed by atoms with Crippen LogP contribution in [0.1, 0.15) is 6.92 Å². The summed E-state index contributed by atoms with van der Waals surface area (Å²) in [6, 6.07) is 8.68. The lowest BCUT2D eigenvalue weighted by Gasteiger charge is -2.05. The average Bonchev–Trinajstić information content (AvgIpc) is 2.28. The van der Waals surface area contributed by atoms with Gasteiger partial charge in [-0.05, 0) is 24.5 Å². The van der Waals surface area contributed by atoms with Crippen molar-refractivity contribution in [3.8, 4) is 5.88 Å². The summed E-state index contributed by atoms with van der Waals surface area (Å²) in [6.45, 7) is 2.48. The summed E-state index contributed by atoms with van der Waals surface area (Å²) in [5, 5.41) is 18.9. The highest BCUT2D eigenvalue weighted by molar-refractivity contribution is 6.58. The molecule has 0 saturated heterocycles. The van der Waals surface area contributed by atoms with Gasteiger partial charge in [-0.2, -0.15) is 0 Å². The van der Waals surface area contributed by atoms with E-state index in [4.69, 9.17) is 14.8 Å². The minimum Gasteiger partial charge on any atom is -0.478 e. The van der Waals surface area contributed by atoms with Gasteiger partial charge in [0.25, 0.3) is 0 Å². The Kier molecular flexibility index (Phi) is 3.08. The number of benzene rings is 1. The molecule has 0 atom stereocenters. The second kappa shape index (κ2) is 4.51. The third-order valence-corrected chi connectivity index (χ3v) is 2.28. The molecule has 0 unspecified atom stereocenters. The summed E-state index contributed by atoms with van der Waals surface area (Å²) in [6.07, 6.45) is 0. The Hall–Kier alpha value is -1.59. The van der Waals surface area contributed by atoms with Crippen molar-refractivity contribution in [2.45, 2.75) is 6.92 Å². The van der Waals surface area contributed by atoms with Gasteiger partial charge in [-0.1, -0.05) is 12.1 Å². The van der Waals surface area contributed by atoms with Crippen molar-refractivity contribution in [3.05, 3.63) is 30.3 Å². The van der Waals surface area contributed by atoms with E-state index in [-0.39, 0.29) is 0 Å². The third-order valence-electron chi connectivity index (χ3n) is 2.28. The zero-order valence-corrected chi connectivity index (χ0v) is 8.92. The molecule has 5 heteroatoms. The van der Waals surface area contributed by atoms with Crippen molar-refractivity contribution in [1.29, 1.82) is 0 Å². The van der Waals surface area contributed by atoms with Crippen LogP contribution >= 0.6 is 0 Å². The van der Waals surface area contributed by atoms with E-state index >= 15 is 0 Å². The van der Waals surface area contributed by atoms with Crippen molar-refractivity contribution < 1.29 is 14.8 Å². The van der Waals surface area contributed by atoms with Gasteiger partial charge in [0.2, 0.25) is 5.88 Å². The van der Waals surface area contributed by atoms with Gasteiger partial charge in [-0.15, -0.1) is 0 Å². The van der Waals surface area contributed by atoms with Crippen LogP contribution in [0.25, 0.3) is 10.9 Å². The highest BCUT2D eigenvalue weighted by atomic mass is 16.5. The Balaban J connectivity index is 2.44. The molecule has 0 spiro atoms. The number of hydrogen-bond donors (Lipinski definition) is 2. The molecular weight excluding hydrogens is 205 g/mol. The minimum absolute atomic E-state index is 0.457. The molecule has 0 amide bonds. The standard InChI is InChI=1S/C11H12BNO3/c1-2-16-11-6-3-8-7-9(12(14)15)4-5-10(8)13-11/h3-7,14-15H,2H2,1H3. The Labute approximate surface area is 93.7 Å². The fourth-order valence-corrected chi connectivity index (χ4v) is 1.51. The summed E-state index contributed by atoms with van der Waals surface area (Å²) >= 11 is 0. The van der Waals surface area contributed by atoms with E-state index in [0.717, 1.165) is 10.9 Å². The van der Waals surface area contributed by atoms with Gasteiger partial charge in [0.1, 0.15) is 0 Å². The maximum atomic E-state index is 9.03. The normalized spacial score (nSPS) is 10.4. The molecule has 0 aliphatic heterocycles. The topological polar surface area (TPSA) is 62.6 Å². The predicted molar refractivity (Wildman–Crippen MR) is 62.7 cm³/mol. The van der Waals surface area contributed by atoms with Gasteiger partial charge < -0.3 is 14.8 Å². The van der Waals surface area contributed by atoms with Crippen LogP contribution in [-0.2, 0) is 0 Å². The van der Waals surface area contributed by atoms with Gasteiger partial charge in [0.15, 0.2) is 0 Å². The van der Waals surface area contributed by atoms with Gasteiger partial charge >= 0.3 is 7.12 Å². The number of pyridine rings is 1. The molecule has 0 saturated carbocycles. The van der Waals surface area contributed by atoms with Gasteiger partial charge in [-0.25, -0.2) is 4.98 Å². The van der Waals surface area contributed by atoms with E-state index in [1.165, 1.54) is 0 Å². The van der Waals surface area contributed by atoms with Crippen molar-refractivity contribution in [2.75, 3.05) is 6.61 Å². The lowest BCUT2D eigenvalue weighted by Crippen LogP contribution is -2.29. The van der Waals surface area contributed by atoms with E-state index < -0.39 is 7.12 Å². The molecule has 1 heterocycles. The first-order valence-electron chi connectivity index (χ1n) is 5.10. The number of ether oxygens (including phenoxy) is 1. The van der Waals surface area contributed by atoms with E-state index in [2.05, 4.69) is 4.98 Å². The summed E-state index contributed by atoms with van der Waals surface area (Å²) < 4.78 is 5.28. The molecule has 16 heavy (non-hydrogen) atoms. The Morgan fingerprint density at radius 1 is 1.25 bits per heavy atom. The molecule has 0 aliphatic rings. The number of aromatic nitrogens is 1. The second-order valence-corrected chi connectivity index (χ2v) is 3.41. The van der Waals surface area contributed by atoms with E-state index in [1.807, 2.05) is 13.0 Å². The molecule has 82 valence electrons. The Bertz CT molecular complexity index is 502. The molecule has 2 N–H and O–H groups in total. The molecule has 2 aromatic rings. The largest absolute Gasteiger partial charge is 0.488 e. The molecular formula is C11H12BNO3. The number of hydrogen-bond acceptors (Lipinski definition) is 4. The Morgan fingerprint density at radius 2 is 2.06 bits per heavy atom. The minimum atomic E-state index is -1.45. The first kappa shape index (κ1) is 10.9. The highest BCUT2D eigenvalue weighted by Crippen LogP contribution is 2.15. The van der Waals surface area contributed by atoms with E-state index in [9.17, 15) is 0 Å². The molecule has 0 aliphatic carbocycles. The summed E-state index contributed by atoms with van der Waals surface area (Å²) in [5.74, 6) is 0.576. The van der Waals surface area contributed by atoms with Crippen LogP contribution in [-0.4, -0.2) is 28.8 Å². The Morgan fingerprint density at radius 3 is 2.75 bits per heavy atom. The van der Waals surface area contributed by atoms with Crippen molar-refractivity contribution in [1.82, 2.24) is 4.98 Å². The van der Waals surface area contributed by atoms with Crippen LogP contribution in [0.15, 0.2) is 30.3 Å². The van der Waals surface area contributed by atoms with Crippen molar-refractivity contribution in [2.24, 2.45) is 0 Å². The zero-order chi connectivity index (χ0) is 11.5. The second-order valence-electron chi connectivity index (χ2n) is 3.41. The van der Waals surface area contributed by atoms with E-state index in [0.29, 0.717) is 17.9 Å². The quantitative estimate of drug-likeness (QED) is 0.726. The monoisotopic (exact) mass is 217 g/mol. The first-order chi connectivity index (χ1) is 7.70. The molecule has 0 bridgehead atoms. The van der Waals surface area contributed by atoms with Gasteiger partial charge in [0.05, 0.1) is 12.1 Å². The van der Waals surface area contributed by atoms with Crippen LogP contribution in [0.3, 0.4) is 0 Å². The maximum absolute atomic E-state index is 9.03. The predicted octanol–water partition coefficient (Wildman–Crippen LogP) is 0.313. The molecule has 4 nitrogen and oxygen atoms in total. The molecule has 1 aromatic carbocycles. The lowest BCUT2D eigenvalue weighted by atomic mass is 9.80. The fourth-order valence-electron chi connectivity index (χ4n) is 1.51. The third kappa shape index (κ3) is 2.15. The zero-order valence-electron chi connectivity index (χ0n) is 8.92. The van der Waals surface area contributed by atoms with E-state index in [1.54, 1.807) is 24.3 Å². The van der Waals surface area contributed by atoms with Crippen LogP contribution in [0.4, 0.5) is 0 Å². The molecule has 2 rings (SSSR count). The van der Waals surface area contributed by atoms with Crippen LogP contribution in [0.5, 0.6) is 5.88 Å². The number of fused-ring (bicyclic) bond motifs is 1. The first-order valence-corrected chi connectivity index (χ1v) is 5.10.